The van der Waals surface area contributed by atoms with Crippen molar-refractivity contribution < 1.29 is 44.2 Å². The molecule has 0 heterocycles. The Kier molecular flexibility index (Phi) is 15.2. The van der Waals surface area contributed by atoms with Gasteiger partial charge in [-0.2, -0.15) is 0 Å². The number of methoxy groups -OCH3 is 2. The van der Waals surface area contributed by atoms with Crippen LogP contribution in [-0.2, 0) is 44.2 Å². The third-order valence-corrected chi connectivity index (χ3v) is 8.44. The van der Waals surface area contributed by atoms with Crippen LogP contribution in [0.2, 0.25) is 26.2 Å². The van der Waals surface area contributed by atoms with E-state index in [0.29, 0.717) is 0 Å². The van der Waals surface area contributed by atoms with Gasteiger partial charge in [0, 0.05) is 12.2 Å². The van der Waals surface area contributed by atoms with Crippen LogP contribution in [0.3, 0.4) is 0 Å². The van der Waals surface area contributed by atoms with Gasteiger partial charge in [0.2, 0.25) is 0 Å². The number of hydrogen-bond donors (Lipinski definition) is 0. The summed E-state index contributed by atoms with van der Waals surface area (Å²) in [5.41, 5.74) is 3.93. The van der Waals surface area contributed by atoms with Gasteiger partial charge in [0.05, 0.1) is 14.2 Å². The maximum atomic E-state index is 10.3. The fourth-order valence-corrected chi connectivity index (χ4v) is 7.12. The van der Waals surface area contributed by atoms with Crippen molar-refractivity contribution in [2.45, 2.75) is 26.2 Å². The van der Waals surface area contributed by atoms with E-state index in [1.807, 2.05) is 11.4 Å². The molecule has 0 spiro atoms. The number of rotatable bonds is 6. The van der Waals surface area contributed by atoms with Gasteiger partial charge in [0.15, 0.2) is 16.6 Å². The number of carbonyl (C=O) groups excluding carboxylic acids is 2. The molecule has 0 amide bonds. The smallest absolute Gasteiger partial charge is 0.466 e. The summed E-state index contributed by atoms with van der Waals surface area (Å²) in [6, 6.07) is 0. The predicted molar refractivity (Wildman–Crippen MR) is 89.6 cm³/mol. The minimum Gasteiger partial charge on any atom is -0.466 e. The molecule has 0 aromatic rings. The molecule has 0 aromatic carbocycles. The van der Waals surface area contributed by atoms with E-state index in [-0.39, 0.29) is 21.1 Å². The van der Waals surface area contributed by atoms with Crippen LogP contribution in [0.15, 0.2) is 36.7 Å². The van der Waals surface area contributed by atoms with Crippen molar-refractivity contribution in [3.8, 4) is 0 Å². The van der Waals surface area contributed by atoms with E-state index >= 15 is 0 Å². The van der Waals surface area contributed by atoms with Crippen LogP contribution in [0.5, 0.6) is 0 Å². The molecule has 0 aliphatic rings. The predicted octanol–water partition coefficient (Wildman–Crippen LogP) is 2.75. The Hall–Kier alpha value is -0.758. The quantitative estimate of drug-likeness (QED) is 0.303. The molecule has 0 saturated heterocycles. The van der Waals surface area contributed by atoms with Crippen molar-refractivity contribution in [1.82, 2.24) is 0 Å². The normalized spacial score (nSPS) is 10.6. The molecule has 5 nitrogen and oxygen atoms in total. The van der Waals surface area contributed by atoms with Crippen LogP contribution in [0, 0.1) is 0 Å². The van der Waals surface area contributed by atoms with E-state index in [9.17, 15) is 9.59 Å². The van der Waals surface area contributed by atoms with Crippen molar-refractivity contribution in [2.24, 2.45) is 0 Å². The molecule has 0 N–H and O–H groups in total. The monoisotopic (exact) mass is 525 g/mol. The first-order valence-electron chi connectivity index (χ1n) is 6.35. The minimum atomic E-state index is -1.58. The molecule has 0 saturated carbocycles. The summed E-state index contributed by atoms with van der Waals surface area (Å²) in [5.74, 6) is -1.16. The van der Waals surface area contributed by atoms with Gasteiger partial charge in [0.25, 0.3) is 0 Å². The Morgan fingerprint density at radius 1 is 0.818 bits per heavy atom. The molecule has 0 radical (unpaired) electrons. The molecule has 0 fully saturated rings. The van der Waals surface area contributed by atoms with Crippen LogP contribution in [0.4, 0.5) is 0 Å². The van der Waals surface area contributed by atoms with E-state index in [2.05, 4.69) is 48.8 Å². The van der Waals surface area contributed by atoms with Gasteiger partial charge >= 0.3 is 33.0 Å². The van der Waals surface area contributed by atoms with Crippen LogP contribution < -0.4 is 0 Å². The van der Waals surface area contributed by atoms with Crippen molar-refractivity contribution in [3.05, 3.63) is 36.7 Å². The van der Waals surface area contributed by atoms with E-state index in [0.717, 1.165) is 12.2 Å². The first-order chi connectivity index (χ1) is 9.53. The van der Waals surface area contributed by atoms with Gasteiger partial charge in [0.1, 0.15) is 0 Å². The fourth-order valence-electron chi connectivity index (χ4n) is 1.03. The molecular weight excluding hydrogens is 499 g/mol. The fraction of sp³-hybridized carbons (Fsp3) is 0.429. The SMILES string of the molecule is C=C[Si](C)(C)O[Si](C)(C)C=C.COC(=O)/C=C/C(=O)OC.[Pt+2]. The van der Waals surface area contributed by atoms with Gasteiger partial charge < -0.3 is 13.6 Å². The van der Waals surface area contributed by atoms with Gasteiger partial charge in [-0.1, -0.05) is 11.4 Å². The summed E-state index contributed by atoms with van der Waals surface area (Å²) in [7, 11) is -0.706. The summed E-state index contributed by atoms with van der Waals surface area (Å²) in [4.78, 5) is 20.6. The summed E-state index contributed by atoms with van der Waals surface area (Å²) >= 11 is 0. The summed E-state index contributed by atoms with van der Waals surface area (Å²) in [6.07, 6.45) is 1.98. The third-order valence-electron chi connectivity index (χ3n) is 2.27. The maximum absolute atomic E-state index is 10.3. The summed E-state index contributed by atoms with van der Waals surface area (Å²) in [6.45, 7) is 16.2. The molecule has 0 rings (SSSR count). The maximum Gasteiger partial charge on any atom is 2.00 e. The number of ether oxygens (including phenoxy) is 2. The second-order valence-electron chi connectivity index (χ2n) is 5.10. The van der Waals surface area contributed by atoms with Gasteiger partial charge in [-0.15, -0.1) is 13.2 Å². The molecule has 0 bridgehead atoms. The minimum absolute atomic E-state index is 0. The second-order valence-corrected chi connectivity index (χ2v) is 13.1. The van der Waals surface area contributed by atoms with E-state index in [1.54, 1.807) is 0 Å². The van der Waals surface area contributed by atoms with Gasteiger partial charge in [-0.25, -0.2) is 9.59 Å². The zero-order valence-electron chi connectivity index (χ0n) is 14.1. The molecule has 0 aliphatic heterocycles. The van der Waals surface area contributed by atoms with Crippen LogP contribution >= 0.6 is 0 Å². The molecular formula is C14H26O5PtSi2+2. The van der Waals surface area contributed by atoms with Crippen LogP contribution in [0.1, 0.15) is 0 Å². The molecule has 128 valence electrons. The van der Waals surface area contributed by atoms with Gasteiger partial charge in [-0.05, 0) is 26.2 Å². The standard InChI is InChI=1S/C8H18OSi2.C6H8O4.Pt/c1-7-10(3,4)9-11(5,6)8-2;1-9-5(7)3-4-6(8)10-2;/h7-8H,1-2H2,3-6H3;3-4H,1-2H3;/q;;+2/b;4-3+;. The van der Waals surface area contributed by atoms with Crippen molar-refractivity contribution in [1.29, 1.82) is 0 Å². The van der Waals surface area contributed by atoms with Crippen molar-refractivity contribution in [3.63, 3.8) is 0 Å². The molecule has 0 aliphatic carbocycles. The molecule has 22 heavy (non-hydrogen) atoms. The Balaban J connectivity index is -0.000000315. The first-order valence-corrected chi connectivity index (χ1v) is 12.3. The zero-order valence-corrected chi connectivity index (χ0v) is 18.4. The van der Waals surface area contributed by atoms with Gasteiger partial charge in [-0.3, -0.25) is 0 Å². The van der Waals surface area contributed by atoms with E-state index in [4.69, 9.17) is 4.12 Å². The topological polar surface area (TPSA) is 61.8 Å². The number of hydrogen-bond acceptors (Lipinski definition) is 5. The molecule has 0 unspecified atom stereocenters. The van der Waals surface area contributed by atoms with E-state index < -0.39 is 28.6 Å². The molecule has 0 aromatic heterocycles. The Bertz CT molecular complexity index is 370. The van der Waals surface area contributed by atoms with E-state index in [1.165, 1.54) is 14.2 Å². The Morgan fingerprint density at radius 3 is 1.27 bits per heavy atom. The summed E-state index contributed by atoms with van der Waals surface area (Å²) < 4.78 is 14.4. The summed E-state index contributed by atoms with van der Waals surface area (Å²) in [5, 5.41) is 0. The average Bonchev–Trinajstić information content (AvgIpc) is 2.43. The second kappa shape index (κ2) is 12.8. The third kappa shape index (κ3) is 15.6. The zero-order chi connectivity index (χ0) is 17.1. The number of esters is 2. The van der Waals surface area contributed by atoms with Crippen LogP contribution in [0.25, 0.3) is 0 Å². The number of carbonyl (C=O) groups is 2. The molecule has 0 atom stereocenters. The molecule has 8 heteroatoms. The van der Waals surface area contributed by atoms with Crippen LogP contribution in [-0.4, -0.2) is 42.8 Å². The Labute approximate surface area is 149 Å². The Morgan fingerprint density at radius 2 is 1.09 bits per heavy atom. The largest absolute Gasteiger partial charge is 2.00 e. The van der Waals surface area contributed by atoms with Crippen molar-refractivity contribution in [2.75, 3.05) is 14.2 Å². The average molecular weight is 526 g/mol. The van der Waals surface area contributed by atoms with Crippen molar-refractivity contribution >= 4 is 28.6 Å². The first kappa shape index (κ1) is 26.2.